The van der Waals surface area contributed by atoms with Crippen molar-refractivity contribution in [3.05, 3.63) is 59.4 Å². The fourth-order valence-electron chi connectivity index (χ4n) is 2.18. The first-order valence-corrected chi connectivity index (χ1v) is 6.83. The molecule has 0 fully saturated rings. The van der Waals surface area contributed by atoms with Crippen molar-refractivity contribution in [1.82, 2.24) is 0 Å². The number of benzene rings is 1. The van der Waals surface area contributed by atoms with Crippen LogP contribution in [0.25, 0.3) is 0 Å². The molecule has 0 aliphatic carbocycles. The lowest BCUT2D eigenvalue weighted by atomic mass is 10.1. The smallest absolute Gasteiger partial charge is 0.290 e. The summed E-state index contributed by atoms with van der Waals surface area (Å²) in [6.45, 7) is 5.61. The number of nitrogens with one attached hydrogen (secondary N) is 1. The van der Waals surface area contributed by atoms with Crippen LogP contribution in [0.1, 0.15) is 28.4 Å². The average molecular weight is 283 g/mol. The second-order valence-corrected chi connectivity index (χ2v) is 5.14. The fourth-order valence-corrected chi connectivity index (χ4v) is 2.18. The molecule has 1 N–H and O–H groups in total. The molecular weight excluding hydrogens is 264 g/mol. The van der Waals surface area contributed by atoms with Crippen LogP contribution in [-0.4, -0.2) is 11.7 Å². The van der Waals surface area contributed by atoms with E-state index in [9.17, 15) is 9.59 Å². The molecule has 1 aromatic heterocycles. The van der Waals surface area contributed by atoms with E-state index in [2.05, 4.69) is 5.32 Å². The van der Waals surface area contributed by atoms with Gasteiger partial charge in [-0.2, -0.15) is 4.57 Å². The van der Waals surface area contributed by atoms with Crippen molar-refractivity contribution in [3.8, 4) is 0 Å². The number of pyridine rings is 1. The zero-order chi connectivity index (χ0) is 15.4. The Morgan fingerprint density at radius 2 is 1.76 bits per heavy atom. The minimum atomic E-state index is -0.113. The van der Waals surface area contributed by atoms with Crippen LogP contribution in [0.15, 0.2) is 42.7 Å². The minimum Gasteiger partial charge on any atom is -0.320 e. The monoisotopic (exact) mass is 283 g/mol. The highest BCUT2D eigenvalue weighted by Gasteiger charge is 2.13. The van der Waals surface area contributed by atoms with Gasteiger partial charge in [-0.1, -0.05) is 18.2 Å². The first kappa shape index (κ1) is 14.9. The quantitative estimate of drug-likeness (QED) is 0.692. The predicted molar refractivity (Wildman–Crippen MR) is 81.2 cm³/mol. The SMILES string of the molecule is CC(=O)c1ccc[n+](CC(=O)Nc2c(C)cccc2C)c1. The minimum absolute atomic E-state index is 0.0143. The zero-order valence-electron chi connectivity index (χ0n) is 12.5. The Morgan fingerprint density at radius 1 is 1.10 bits per heavy atom. The van der Waals surface area contributed by atoms with Crippen LogP contribution >= 0.6 is 0 Å². The van der Waals surface area contributed by atoms with Gasteiger partial charge in [-0.15, -0.1) is 0 Å². The molecule has 0 radical (unpaired) electrons. The normalized spacial score (nSPS) is 10.2. The molecule has 2 rings (SSSR count). The summed E-state index contributed by atoms with van der Waals surface area (Å²) in [6, 6.07) is 9.40. The van der Waals surface area contributed by atoms with E-state index < -0.39 is 0 Å². The van der Waals surface area contributed by atoms with Gasteiger partial charge in [0, 0.05) is 11.8 Å². The van der Waals surface area contributed by atoms with E-state index in [0.717, 1.165) is 16.8 Å². The van der Waals surface area contributed by atoms with Crippen LogP contribution in [0.5, 0.6) is 0 Å². The van der Waals surface area contributed by atoms with E-state index in [1.165, 1.54) is 6.92 Å². The number of ketones is 1. The summed E-state index contributed by atoms with van der Waals surface area (Å²) >= 11 is 0. The van der Waals surface area contributed by atoms with Crippen molar-refractivity contribution in [3.63, 3.8) is 0 Å². The van der Waals surface area contributed by atoms with Gasteiger partial charge < -0.3 is 5.32 Å². The third-order valence-electron chi connectivity index (χ3n) is 3.34. The summed E-state index contributed by atoms with van der Waals surface area (Å²) in [7, 11) is 0. The van der Waals surface area contributed by atoms with Gasteiger partial charge in [0.25, 0.3) is 5.91 Å². The lowest BCUT2D eigenvalue weighted by molar-refractivity contribution is -0.684. The van der Waals surface area contributed by atoms with Crippen LogP contribution in [0.2, 0.25) is 0 Å². The molecule has 0 unspecified atom stereocenters. The number of Topliss-reactive ketones (excluding diaryl/α,β-unsaturated/α-hetero) is 1. The number of rotatable bonds is 4. The molecule has 1 aromatic carbocycles. The van der Waals surface area contributed by atoms with Crippen molar-refractivity contribution in [2.24, 2.45) is 0 Å². The number of aromatic nitrogens is 1. The number of carbonyl (C=O) groups excluding carboxylic acids is 2. The Labute approximate surface area is 124 Å². The van der Waals surface area contributed by atoms with E-state index in [4.69, 9.17) is 0 Å². The third kappa shape index (κ3) is 3.75. The van der Waals surface area contributed by atoms with E-state index in [1.807, 2.05) is 32.0 Å². The average Bonchev–Trinajstić information content (AvgIpc) is 2.43. The van der Waals surface area contributed by atoms with E-state index in [-0.39, 0.29) is 18.2 Å². The molecule has 0 spiro atoms. The van der Waals surface area contributed by atoms with Gasteiger partial charge in [0.1, 0.15) is 0 Å². The van der Waals surface area contributed by atoms with Gasteiger partial charge in [-0.05, 0) is 38.0 Å². The van der Waals surface area contributed by atoms with Gasteiger partial charge in [-0.25, -0.2) is 0 Å². The molecular formula is C17H19N2O2+. The van der Waals surface area contributed by atoms with E-state index in [0.29, 0.717) is 5.56 Å². The van der Waals surface area contributed by atoms with Crippen molar-refractivity contribution >= 4 is 17.4 Å². The summed E-state index contributed by atoms with van der Waals surface area (Å²) in [5.41, 5.74) is 3.51. The standard InChI is InChI=1S/C17H18N2O2/c1-12-6-4-7-13(2)17(12)18-16(21)11-19-9-5-8-15(10-19)14(3)20/h4-10H,11H2,1-3H3/p+1. The number of aryl methyl sites for hydroxylation is 2. The molecule has 4 nitrogen and oxygen atoms in total. The number of amides is 1. The van der Waals surface area contributed by atoms with E-state index >= 15 is 0 Å². The second kappa shape index (κ2) is 6.31. The molecule has 0 aliphatic rings. The van der Waals surface area contributed by atoms with Crippen LogP contribution in [0.4, 0.5) is 5.69 Å². The molecule has 0 bridgehead atoms. The molecule has 2 aromatic rings. The number of carbonyl (C=O) groups is 2. The molecule has 0 saturated heterocycles. The number of para-hydroxylation sites is 1. The number of anilines is 1. The Morgan fingerprint density at radius 3 is 2.38 bits per heavy atom. The van der Waals surface area contributed by atoms with Crippen LogP contribution in [0.3, 0.4) is 0 Å². The maximum absolute atomic E-state index is 12.2. The van der Waals surface area contributed by atoms with Crippen molar-refractivity contribution in [2.75, 3.05) is 5.32 Å². The van der Waals surface area contributed by atoms with Crippen LogP contribution in [-0.2, 0) is 11.3 Å². The summed E-state index contributed by atoms with van der Waals surface area (Å²) in [4.78, 5) is 23.5. The highest BCUT2D eigenvalue weighted by Crippen LogP contribution is 2.19. The first-order chi connectivity index (χ1) is 9.97. The maximum atomic E-state index is 12.2. The lowest BCUT2D eigenvalue weighted by Crippen LogP contribution is -2.40. The molecule has 108 valence electrons. The molecule has 0 saturated carbocycles. The van der Waals surface area contributed by atoms with Gasteiger partial charge in [0.15, 0.2) is 18.2 Å². The summed E-state index contributed by atoms with van der Waals surface area (Å²) in [5, 5.41) is 2.93. The molecule has 1 heterocycles. The van der Waals surface area contributed by atoms with Crippen LogP contribution in [0, 0.1) is 13.8 Å². The van der Waals surface area contributed by atoms with Gasteiger partial charge in [-0.3, -0.25) is 9.59 Å². The Bertz CT molecular complexity index is 673. The van der Waals surface area contributed by atoms with Crippen LogP contribution < -0.4 is 9.88 Å². The summed E-state index contributed by atoms with van der Waals surface area (Å²) in [5.74, 6) is -0.127. The topological polar surface area (TPSA) is 50.0 Å². The maximum Gasteiger partial charge on any atom is 0.290 e. The van der Waals surface area contributed by atoms with Gasteiger partial charge in [0.2, 0.25) is 6.54 Å². The number of hydrogen-bond donors (Lipinski definition) is 1. The first-order valence-electron chi connectivity index (χ1n) is 6.83. The Kier molecular flexibility index (Phi) is 4.48. The van der Waals surface area contributed by atoms with Crippen molar-refractivity contribution < 1.29 is 14.2 Å². The molecule has 1 amide bonds. The van der Waals surface area contributed by atoms with Crippen molar-refractivity contribution in [1.29, 1.82) is 0 Å². The molecule has 21 heavy (non-hydrogen) atoms. The van der Waals surface area contributed by atoms with Crippen molar-refractivity contribution in [2.45, 2.75) is 27.3 Å². The Hall–Kier alpha value is -2.49. The summed E-state index contributed by atoms with van der Waals surface area (Å²) < 4.78 is 1.71. The number of nitrogens with zero attached hydrogens (tertiary/aromatic N) is 1. The Balaban J connectivity index is 2.12. The molecule has 0 aliphatic heterocycles. The third-order valence-corrected chi connectivity index (χ3v) is 3.34. The lowest BCUT2D eigenvalue weighted by Gasteiger charge is -2.10. The van der Waals surface area contributed by atoms with Gasteiger partial charge >= 0.3 is 0 Å². The zero-order valence-corrected chi connectivity index (χ0v) is 12.5. The number of hydrogen-bond acceptors (Lipinski definition) is 2. The predicted octanol–water partition coefficient (Wildman–Crippen LogP) is 2.43. The largest absolute Gasteiger partial charge is 0.320 e. The molecule has 4 heteroatoms. The summed E-state index contributed by atoms with van der Waals surface area (Å²) in [6.07, 6.45) is 3.46. The molecule has 0 atom stereocenters. The highest BCUT2D eigenvalue weighted by atomic mass is 16.2. The highest BCUT2D eigenvalue weighted by molar-refractivity contribution is 5.93. The fraction of sp³-hybridized carbons (Fsp3) is 0.235. The van der Waals surface area contributed by atoms with E-state index in [1.54, 1.807) is 29.1 Å². The second-order valence-electron chi connectivity index (χ2n) is 5.14. The van der Waals surface area contributed by atoms with Gasteiger partial charge in [0.05, 0.1) is 5.56 Å².